The number of hydrogen-bond acceptors (Lipinski definition) is 6. The van der Waals surface area contributed by atoms with Crippen LogP contribution in [0.1, 0.15) is 5.69 Å². The zero-order valence-corrected chi connectivity index (χ0v) is 11.4. The SMILES string of the molecule is COc1cc(OC)cc(-c2nc(C)c(F)c(NN)n2)c1. The topological polar surface area (TPSA) is 82.3 Å². The second-order valence-corrected chi connectivity index (χ2v) is 4.04. The highest BCUT2D eigenvalue weighted by molar-refractivity contribution is 5.62. The van der Waals surface area contributed by atoms with Crippen LogP contribution in [-0.4, -0.2) is 24.2 Å². The predicted molar refractivity (Wildman–Crippen MR) is 73.1 cm³/mol. The van der Waals surface area contributed by atoms with Crippen LogP contribution in [0.15, 0.2) is 18.2 Å². The van der Waals surface area contributed by atoms with Crippen LogP contribution in [-0.2, 0) is 0 Å². The fourth-order valence-corrected chi connectivity index (χ4v) is 1.72. The number of hydrogen-bond donors (Lipinski definition) is 2. The molecule has 6 nitrogen and oxygen atoms in total. The van der Waals surface area contributed by atoms with Crippen molar-refractivity contribution in [3.63, 3.8) is 0 Å². The molecular formula is C13H15FN4O2. The number of nitrogen functional groups attached to an aromatic ring is 1. The third-order valence-corrected chi connectivity index (χ3v) is 2.76. The van der Waals surface area contributed by atoms with Crippen LogP contribution in [0.3, 0.4) is 0 Å². The molecule has 0 unspecified atom stereocenters. The van der Waals surface area contributed by atoms with E-state index in [-0.39, 0.29) is 11.5 Å². The summed E-state index contributed by atoms with van der Waals surface area (Å²) in [5, 5.41) is 0. The molecule has 0 amide bonds. The first-order valence-corrected chi connectivity index (χ1v) is 5.83. The van der Waals surface area contributed by atoms with Gasteiger partial charge in [0, 0.05) is 11.6 Å². The van der Waals surface area contributed by atoms with Crippen molar-refractivity contribution in [1.82, 2.24) is 9.97 Å². The van der Waals surface area contributed by atoms with E-state index in [9.17, 15) is 4.39 Å². The lowest BCUT2D eigenvalue weighted by molar-refractivity contribution is 0.394. The van der Waals surface area contributed by atoms with E-state index in [1.54, 1.807) is 39.3 Å². The van der Waals surface area contributed by atoms with Crippen LogP contribution < -0.4 is 20.7 Å². The molecule has 1 aromatic heterocycles. The molecule has 7 heteroatoms. The first-order valence-electron chi connectivity index (χ1n) is 5.83. The molecule has 0 aliphatic rings. The number of aryl methyl sites for hydroxylation is 1. The van der Waals surface area contributed by atoms with Gasteiger partial charge >= 0.3 is 0 Å². The quantitative estimate of drug-likeness (QED) is 0.656. The molecule has 1 heterocycles. The molecule has 3 N–H and O–H groups in total. The highest BCUT2D eigenvalue weighted by atomic mass is 19.1. The van der Waals surface area contributed by atoms with Crippen LogP contribution >= 0.6 is 0 Å². The Hall–Kier alpha value is -2.41. The molecule has 20 heavy (non-hydrogen) atoms. The van der Waals surface area contributed by atoms with Crippen LogP contribution in [0.4, 0.5) is 10.2 Å². The summed E-state index contributed by atoms with van der Waals surface area (Å²) in [7, 11) is 3.09. The van der Waals surface area contributed by atoms with Crippen molar-refractivity contribution in [3.05, 3.63) is 29.7 Å². The minimum Gasteiger partial charge on any atom is -0.497 e. The van der Waals surface area contributed by atoms with Crippen LogP contribution in [0, 0.1) is 12.7 Å². The van der Waals surface area contributed by atoms with Gasteiger partial charge in [0.2, 0.25) is 0 Å². The van der Waals surface area contributed by atoms with Crippen LogP contribution in [0.2, 0.25) is 0 Å². The molecule has 0 saturated heterocycles. The van der Waals surface area contributed by atoms with Gasteiger partial charge in [-0.25, -0.2) is 20.2 Å². The summed E-state index contributed by atoms with van der Waals surface area (Å²) in [5.74, 6) is 6.12. The van der Waals surface area contributed by atoms with Crippen molar-refractivity contribution < 1.29 is 13.9 Å². The number of halogens is 1. The van der Waals surface area contributed by atoms with E-state index in [4.69, 9.17) is 15.3 Å². The molecule has 0 aliphatic carbocycles. The Bertz CT molecular complexity index is 612. The zero-order chi connectivity index (χ0) is 14.7. The molecule has 0 saturated carbocycles. The first kappa shape index (κ1) is 14.0. The normalized spacial score (nSPS) is 10.2. The van der Waals surface area contributed by atoms with Gasteiger partial charge in [0.1, 0.15) is 11.5 Å². The number of nitrogens with two attached hydrogens (primary N) is 1. The summed E-state index contributed by atoms with van der Waals surface area (Å²) in [6.07, 6.45) is 0. The van der Waals surface area contributed by atoms with Gasteiger partial charge in [0.25, 0.3) is 0 Å². The summed E-state index contributed by atoms with van der Waals surface area (Å²) in [5.41, 5.74) is 3.05. The van der Waals surface area contributed by atoms with Gasteiger partial charge in [-0.05, 0) is 19.1 Å². The molecule has 2 rings (SSSR count). The lowest BCUT2D eigenvalue weighted by atomic mass is 10.2. The predicted octanol–water partition coefficient (Wildman–Crippen LogP) is 1.89. The summed E-state index contributed by atoms with van der Waals surface area (Å²) in [4.78, 5) is 8.15. The summed E-state index contributed by atoms with van der Waals surface area (Å²) < 4.78 is 24.0. The number of hydrazine groups is 1. The van der Waals surface area contributed by atoms with Gasteiger partial charge in [-0.3, -0.25) is 0 Å². The lowest BCUT2D eigenvalue weighted by Gasteiger charge is -2.10. The van der Waals surface area contributed by atoms with Crippen molar-refractivity contribution in [2.24, 2.45) is 5.84 Å². The second-order valence-electron chi connectivity index (χ2n) is 4.04. The number of aromatic nitrogens is 2. The molecule has 106 valence electrons. The number of nitrogens with zero attached hydrogens (tertiary/aromatic N) is 2. The summed E-state index contributed by atoms with van der Waals surface area (Å²) in [6.45, 7) is 1.54. The van der Waals surface area contributed by atoms with Gasteiger partial charge in [-0.15, -0.1) is 0 Å². The molecular weight excluding hydrogens is 263 g/mol. The Kier molecular flexibility index (Phi) is 3.99. The highest BCUT2D eigenvalue weighted by Gasteiger charge is 2.13. The van der Waals surface area contributed by atoms with E-state index in [0.29, 0.717) is 22.9 Å². The van der Waals surface area contributed by atoms with E-state index in [2.05, 4.69) is 15.4 Å². The van der Waals surface area contributed by atoms with Gasteiger partial charge < -0.3 is 14.9 Å². The third-order valence-electron chi connectivity index (χ3n) is 2.76. The van der Waals surface area contributed by atoms with Gasteiger partial charge in [0.05, 0.1) is 19.9 Å². The molecule has 0 radical (unpaired) electrons. The molecule has 0 aliphatic heterocycles. The Morgan fingerprint density at radius 1 is 1.10 bits per heavy atom. The first-order chi connectivity index (χ1) is 9.58. The number of methoxy groups -OCH3 is 2. The van der Waals surface area contributed by atoms with E-state index in [1.165, 1.54) is 0 Å². The molecule has 2 aromatic rings. The molecule has 0 atom stereocenters. The summed E-state index contributed by atoms with van der Waals surface area (Å²) in [6, 6.07) is 5.19. The van der Waals surface area contributed by atoms with Crippen LogP contribution in [0.5, 0.6) is 11.5 Å². The number of nitrogens with one attached hydrogen (secondary N) is 1. The van der Waals surface area contributed by atoms with Crippen molar-refractivity contribution in [2.75, 3.05) is 19.6 Å². The lowest BCUT2D eigenvalue weighted by Crippen LogP contribution is -2.13. The Morgan fingerprint density at radius 2 is 1.70 bits per heavy atom. The van der Waals surface area contributed by atoms with E-state index in [0.717, 1.165) is 0 Å². The maximum Gasteiger partial charge on any atom is 0.187 e. The molecule has 1 aromatic carbocycles. The maximum absolute atomic E-state index is 13.7. The minimum atomic E-state index is -0.578. The second kappa shape index (κ2) is 5.70. The van der Waals surface area contributed by atoms with Crippen molar-refractivity contribution in [3.8, 4) is 22.9 Å². The van der Waals surface area contributed by atoms with Gasteiger partial charge in [-0.2, -0.15) is 0 Å². The number of anilines is 1. The number of ether oxygens (including phenoxy) is 2. The minimum absolute atomic E-state index is 0.0608. The summed E-state index contributed by atoms with van der Waals surface area (Å²) >= 11 is 0. The maximum atomic E-state index is 13.7. The van der Waals surface area contributed by atoms with Crippen molar-refractivity contribution in [2.45, 2.75) is 6.92 Å². The molecule has 0 bridgehead atoms. The van der Waals surface area contributed by atoms with Crippen molar-refractivity contribution in [1.29, 1.82) is 0 Å². The van der Waals surface area contributed by atoms with E-state index < -0.39 is 5.82 Å². The van der Waals surface area contributed by atoms with Crippen LogP contribution in [0.25, 0.3) is 11.4 Å². The smallest absolute Gasteiger partial charge is 0.187 e. The van der Waals surface area contributed by atoms with E-state index in [1.807, 2.05) is 0 Å². The zero-order valence-electron chi connectivity index (χ0n) is 11.4. The monoisotopic (exact) mass is 278 g/mol. The highest BCUT2D eigenvalue weighted by Crippen LogP contribution is 2.29. The van der Waals surface area contributed by atoms with Crippen molar-refractivity contribution >= 4 is 5.82 Å². The fourth-order valence-electron chi connectivity index (χ4n) is 1.72. The fraction of sp³-hybridized carbons (Fsp3) is 0.231. The molecule has 0 spiro atoms. The average molecular weight is 278 g/mol. The average Bonchev–Trinajstić information content (AvgIpc) is 2.49. The Morgan fingerprint density at radius 3 is 2.20 bits per heavy atom. The van der Waals surface area contributed by atoms with Gasteiger partial charge in [-0.1, -0.05) is 0 Å². The third kappa shape index (κ3) is 2.62. The van der Waals surface area contributed by atoms with Gasteiger partial charge in [0.15, 0.2) is 17.5 Å². The number of rotatable bonds is 4. The largest absolute Gasteiger partial charge is 0.497 e. The Balaban J connectivity index is 2.58. The standard InChI is InChI=1S/C13H15FN4O2/c1-7-11(14)13(18-15)17-12(16-7)8-4-9(19-2)6-10(5-8)20-3/h4-6H,15H2,1-3H3,(H,16,17,18). The van der Waals surface area contributed by atoms with E-state index >= 15 is 0 Å². The molecule has 0 fully saturated rings. The number of benzene rings is 1. The Labute approximate surface area is 115 Å².